The number of nitrogens with zero attached hydrogens (tertiary/aromatic N) is 3. The van der Waals surface area contributed by atoms with Gasteiger partial charge in [0.05, 0.1) is 23.8 Å². The zero-order valence-corrected chi connectivity index (χ0v) is 20.6. The maximum absolute atomic E-state index is 13.4. The standard InChI is InChI=1S/C28H29FN4OS/c1-19-4-2-3-5-24(19)31-27(34)22-10-6-21(7-11-22)18-35-28-32-25-14-15-30-16-26(25)33(28)17-20-8-12-23(29)13-9-20/h6-16,19,24H,2-5,17-18H2,1H3,(H,31,34). The minimum atomic E-state index is -0.245. The van der Waals surface area contributed by atoms with Crippen LogP contribution < -0.4 is 5.32 Å². The summed E-state index contributed by atoms with van der Waals surface area (Å²) in [6, 6.07) is 16.6. The monoisotopic (exact) mass is 488 g/mol. The van der Waals surface area contributed by atoms with Crippen molar-refractivity contribution in [3.8, 4) is 0 Å². The molecule has 0 radical (unpaired) electrons. The molecule has 5 rings (SSSR count). The second-order valence-corrected chi connectivity index (χ2v) is 10.2. The van der Waals surface area contributed by atoms with Crippen molar-refractivity contribution in [1.82, 2.24) is 19.9 Å². The highest BCUT2D eigenvalue weighted by Gasteiger charge is 2.23. The van der Waals surface area contributed by atoms with E-state index in [1.54, 1.807) is 30.1 Å². The summed E-state index contributed by atoms with van der Waals surface area (Å²) < 4.78 is 15.5. The van der Waals surface area contributed by atoms with Crippen molar-refractivity contribution >= 4 is 28.7 Å². The summed E-state index contributed by atoms with van der Waals surface area (Å²) in [5.41, 5.74) is 4.65. The minimum Gasteiger partial charge on any atom is -0.349 e. The van der Waals surface area contributed by atoms with Crippen LogP contribution in [0.1, 0.15) is 54.1 Å². The molecule has 1 aliphatic rings. The van der Waals surface area contributed by atoms with E-state index in [2.05, 4.69) is 21.8 Å². The molecule has 0 aliphatic heterocycles. The topological polar surface area (TPSA) is 59.8 Å². The van der Waals surface area contributed by atoms with Gasteiger partial charge in [-0.1, -0.05) is 55.8 Å². The summed E-state index contributed by atoms with van der Waals surface area (Å²) in [4.78, 5) is 21.8. The Labute approximate surface area is 209 Å². The predicted molar refractivity (Wildman–Crippen MR) is 138 cm³/mol. The number of halogens is 1. The molecule has 2 atom stereocenters. The molecule has 2 heterocycles. The van der Waals surface area contributed by atoms with Crippen LogP contribution in [-0.4, -0.2) is 26.5 Å². The third-order valence-electron chi connectivity index (χ3n) is 6.78. The second-order valence-electron chi connectivity index (χ2n) is 9.30. The van der Waals surface area contributed by atoms with Gasteiger partial charge in [-0.2, -0.15) is 0 Å². The molecule has 7 heteroatoms. The average molecular weight is 489 g/mol. The molecule has 5 nitrogen and oxygen atoms in total. The van der Waals surface area contributed by atoms with E-state index in [4.69, 9.17) is 4.98 Å². The van der Waals surface area contributed by atoms with Crippen LogP contribution in [0.25, 0.3) is 11.0 Å². The molecule has 1 fully saturated rings. The van der Waals surface area contributed by atoms with E-state index in [0.29, 0.717) is 18.0 Å². The Bertz CT molecular complexity index is 1300. The molecule has 35 heavy (non-hydrogen) atoms. The first kappa shape index (κ1) is 23.5. The van der Waals surface area contributed by atoms with Crippen molar-refractivity contribution in [3.05, 3.63) is 89.5 Å². The number of carbonyl (C=O) groups excluding carboxylic acids is 1. The fraction of sp³-hybridized carbons (Fsp3) is 0.321. The summed E-state index contributed by atoms with van der Waals surface area (Å²) >= 11 is 1.64. The Kier molecular flexibility index (Phi) is 7.13. The largest absolute Gasteiger partial charge is 0.349 e. The summed E-state index contributed by atoms with van der Waals surface area (Å²) in [6.07, 6.45) is 8.25. The third kappa shape index (κ3) is 5.56. The van der Waals surface area contributed by atoms with Gasteiger partial charge in [0.15, 0.2) is 5.16 Å². The zero-order valence-electron chi connectivity index (χ0n) is 19.8. The van der Waals surface area contributed by atoms with Gasteiger partial charge in [0.1, 0.15) is 5.82 Å². The number of nitrogens with one attached hydrogen (secondary N) is 1. The number of benzene rings is 2. The Morgan fingerprint density at radius 2 is 1.80 bits per heavy atom. The van der Waals surface area contributed by atoms with Gasteiger partial charge in [0, 0.05) is 23.6 Å². The molecule has 1 aliphatic carbocycles. The molecule has 0 bridgehead atoms. The van der Waals surface area contributed by atoms with Crippen LogP contribution in [-0.2, 0) is 12.3 Å². The first-order valence-electron chi connectivity index (χ1n) is 12.1. The van der Waals surface area contributed by atoms with Crippen molar-refractivity contribution in [2.75, 3.05) is 0 Å². The number of pyridine rings is 1. The Morgan fingerprint density at radius 1 is 1.06 bits per heavy atom. The van der Waals surface area contributed by atoms with E-state index in [-0.39, 0.29) is 17.8 Å². The summed E-state index contributed by atoms with van der Waals surface area (Å²) in [7, 11) is 0. The van der Waals surface area contributed by atoms with Crippen molar-refractivity contribution in [3.63, 3.8) is 0 Å². The molecule has 1 N–H and O–H groups in total. The van der Waals surface area contributed by atoms with Crippen LogP contribution in [0, 0.1) is 11.7 Å². The average Bonchev–Trinajstić information content (AvgIpc) is 3.23. The lowest BCUT2D eigenvalue weighted by Gasteiger charge is -2.29. The molecule has 1 saturated carbocycles. The minimum absolute atomic E-state index is 0.0107. The maximum Gasteiger partial charge on any atom is 0.251 e. The Balaban J connectivity index is 1.27. The lowest BCUT2D eigenvalue weighted by molar-refractivity contribution is 0.0910. The fourth-order valence-corrected chi connectivity index (χ4v) is 5.64. The van der Waals surface area contributed by atoms with Gasteiger partial charge >= 0.3 is 0 Å². The summed E-state index contributed by atoms with van der Waals surface area (Å²) in [6.45, 7) is 2.81. The van der Waals surface area contributed by atoms with Gasteiger partial charge in [-0.15, -0.1) is 0 Å². The van der Waals surface area contributed by atoms with E-state index >= 15 is 0 Å². The number of hydrogen-bond donors (Lipinski definition) is 1. The first-order valence-corrected chi connectivity index (χ1v) is 13.1. The van der Waals surface area contributed by atoms with Gasteiger partial charge in [-0.3, -0.25) is 9.78 Å². The van der Waals surface area contributed by atoms with Crippen molar-refractivity contribution in [1.29, 1.82) is 0 Å². The maximum atomic E-state index is 13.4. The van der Waals surface area contributed by atoms with E-state index < -0.39 is 0 Å². The van der Waals surface area contributed by atoms with Crippen LogP contribution in [0.15, 0.2) is 72.1 Å². The highest BCUT2D eigenvalue weighted by atomic mass is 32.2. The van der Waals surface area contributed by atoms with Gasteiger partial charge in [-0.05, 0) is 60.2 Å². The number of thioether (sulfide) groups is 1. The molecule has 0 saturated heterocycles. The van der Waals surface area contributed by atoms with Crippen LogP contribution in [0.3, 0.4) is 0 Å². The number of aromatic nitrogens is 3. The van der Waals surface area contributed by atoms with Crippen LogP contribution in [0.4, 0.5) is 4.39 Å². The van der Waals surface area contributed by atoms with Gasteiger partial charge in [-0.25, -0.2) is 9.37 Å². The lowest BCUT2D eigenvalue weighted by Crippen LogP contribution is -2.41. The van der Waals surface area contributed by atoms with E-state index in [9.17, 15) is 9.18 Å². The van der Waals surface area contributed by atoms with Crippen molar-refractivity contribution in [2.24, 2.45) is 5.92 Å². The third-order valence-corrected chi connectivity index (χ3v) is 7.83. The summed E-state index contributed by atoms with van der Waals surface area (Å²) in [5, 5.41) is 4.10. The number of imidazole rings is 1. The molecule has 2 aromatic heterocycles. The SMILES string of the molecule is CC1CCCCC1NC(=O)c1ccc(CSc2nc3ccncc3n2Cc2ccc(F)cc2)cc1. The predicted octanol–water partition coefficient (Wildman–Crippen LogP) is 6.22. The van der Waals surface area contributed by atoms with Gasteiger partial charge in [0.2, 0.25) is 0 Å². The molecule has 1 amide bonds. The van der Waals surface area contributed by atoms with Gasteiger partial charge < -0.3 is 9.88 Å². The van der Waals surface area contributed by atoms with Crippen molar-refractivity contribution in [2.45, 2.75) is 56.1 Å². The van der Waals surface area contributed by atoms with E-state index in [1.165, 1.54) is 31.4 Å². The van der Waals surface area contributed by atoms with Crippen molar-refractivity contribution < 1.29 is 9.18 Å². The number of fused-ring (bicyclic) bond motifs is 1. The van der Waals surface area contributed by atoms with Crippen LogP contribution >= 0.6 is 11.8 Å². The molecule has 2 aromatic carbocycles. The lowest BCUT2D eigenvalue weighted by atomic mass is 9.86. The number of amides is 1. The quantitative estimate of drug-likeness (QED) is 0.314. The first-order chi connectivity index (χ1) is 17.1. The number of rotatable bonds is 7. The Morgan fingerprint density at radius 3 is 2.57 bits per heavy atom. The van der Waals surface area contributed by atoms with E-state index in [0.717, 1.165) is 39.5 Å². The fourth-order valence-electron chi connectivity index (χ4n) is 4.67. The Hall–Kier alpha value is -3.19. The molecular formula is C28H29FN4OS. The smallest absolute Gasteiger partial charge is 0.251 e. The van der Waals surface area contributed by atoms with Gasteiger partial charge in [0.25, 0.3) is 5.91 Å². The summed E-state index contributed by atoms with van der Waals surface area (Å²) in [5.74, 6) is 1.03. The second kappa shape index (κ2) is 10.6. The van der Waals surface area contributed by atoms with Crippen LogP contribution in [0.5, 0.6) is 0 Å². The van der Waals surface area contributed by atoms with E-state index in [1.807, 2.05) is 36.5 Å². The molecule has 0 spiro atoms. The molecular weight excluding hydrogens is 459 g/mol. The highest BCUT2D eigenvalue weighted by molar-refractivity contribution is 7.98. The molecule has 4 aromatic rings. The molecule has 2 unspecified atom stereocenters. The normalized spacial score (nSPS) is 18.0. The van der Waals surface area contributed by atoms with Crippen LogP contribution in [0.2, 0.25) is 0 Å². The highest BCUT2D eigenvalue weighted by Crippen LogP contribution is 2.28. The number of carbonyl (C=O) groups is 1. The zero-order chi connectivity index (χ0) is 24.2. The molecule has 180 valence electrons. The number of hydrogen-bond acceptors (Lipinski definition) is 4.